The maximum absolute atomic E-state index is 17.0. The van der Waals surface area contributed by atoms with Crippen molar-refractivity contribution in [3.63, 3.8) is 0 Å². The van der Waals surface area contributed by atoms with Crippen LogP contribution in [0.1, 0.15) is 51.0 Å². The molecule has 4 fully saturated rings. The van der Waals surface area contributed by atoms with Crippen LogP contribution in [-0.2, 0) is 11.2 Å². The lowest BCUT2D eigenvalue weighted by atomic mass is 9.85. The predicted octanol–water partition coefficient (Wildman–Crippen LogP) is 6.73. The second-order valence-corrected chi connectivity index (χ2v) is 13.5. The van der Waals surface area contributed by atoms with Crippen LogP contribution >= 0.6 is 0 Å². The Labute approximate surface area is 264 Å². The number of rotatable bonds is 6. The van der Waals surface area contributed by atoms with E-state index in [0.29, 0.717) is 66.9 Å². The van der Waals surface area contributed by atoms with Gasteiger partial charge in [-0.3, -0.25) is 4.90 Å². The monoisotopic (exact) mass is 635 g/mol. The van der Waals surface area contributed by atoms with Gasteiger partial charge in [0.1, 0.15) is 35.7 Å². The molecule has 0 amide bonds. The number of alkyl halides is 1. The summed E-state index contributed by atoms with van der Waals surface area (Å²) in [6.45, 7) is 4.98. The molecule has 2 N–H and O–H groups in total. The van der Waals surface area contributed by atoms with E-state index in [2.05, 4.69) is 9.88 Å². The Balaban J connectivity index is 1.30. The molecule has 46 heavy (non-hydrogen) atoms. The summed E-state index contributed by atoms with van der Waals surface area (Å²) in [7, 11) is 0. The molecule has 0 bridgehead atoms. The first-order chi connectivity index (χ1) is 22.2. The summed E-state index contributed by atoms with van der Waals surface area (Å²) < 4.78 is 75.0. The highest BCUT2D eigenvalue weighted by Crippen LogP contribution is 2.44. The molecule has 4 saturated heterocycles. The molecule has 4 aliphatic rings. The lowest BCUT2D eigenvalue weighted by molar-refractivity contribution is -0.151. The number of benzene rings is 3. The summed E-state index contributed by atoms with van der Waals surface area (Å²) in [5.41, 5.74) is 5.81. The lowest BCUT2D eigenvalue weighted by Crippen LogP contribution is -2.56. The fourth-order valence-electron chi connectivity index (χ4n) is 8.43. The SMILES string of the molecule is CCc1c(F)ccc2cc(N)cc(-c3c(F)cc4c(N5CCCC6(CCO6)C5)nc(OC[C@@]56CCCN5C[C@H](F)C6)nc4c3F)c12. The fraction of sp³-hybridized carbons (Fsp3) is 0.486. The molecule has 8 rings (SSSR count). The average molecular weight is 636 g/mol. The van der Waals surface area contributed by atoms with Gasteiger partial charge in [0.2, 0.25) is 0 Å². The number of anilines is 2. The zero-order valence-electron chi connectivity index (χ0n) is 25.9. The number of piperidine rings is 1. The Morgan fingerprint density at radius 1 is 1.04 bits per heavy atom. The maximum Gasteiger partial charge on any atom is 0.319 e. The first-order valence-corrected chi connectivity index (χ1v) is 16.3. The molecule has 5 heterocycles. The van der Waals surface area contributed by atoms with Crippen molar-refractivity contribution in [2.75, 3.05) is 50.0 Å². The molecule has 4 aromatic rings. The maximum atomic E-state index is 17.0. The van der Waals surface area contributed by atoms with Gasteiger partial charge < -0.3 is 20.1 Å². The van der Waals surface area contributed by atoms with Crippen molar-refractivity contribution in [3.8, 4) is 17.1 Å². The summed E-state index contributed by atoms with van der Waals surface area (Å²) in [4.78, 5) is 13.4. The molecule has 7 nitrogen and oxygen atoms in total. The van der Waals surface area contributed by atoms with Gasteiger partial charge in [-0.2, -0.15) is 9.97 Å². The van der Waals surface area contributed by atoms with Crippen molar-refractivity contribution >= 4 is 33.2 Å². The number of ether oxygens (including phenoxy) is 2. The van der Waals surface area contributed by atoms with Gasteiger partial charge in [0, 0.05) is 43.5 Å². The highest BCUT2D eigenvalue weighted by Gasteiger charge is 2.49. The number of hydrogen-bond donors (Lipinski definition) is 1. The molecule has 3 atom stereocenters. The van der Waals surface area contributed by atoms with Crippen molar-refractivity contribution in [1.82, 2.24) is 14.9 Å². The molecule has 1 unspecified atom stereocenters. The van der Waals surface area contributed by atoms with E-state index in [9.17, 15) is 4.39 Å². The quantitative estimate of drug-likeness (QED) is 0.186. The number of nitrogens with two attached hydrogens (primary N) is 1. The van der Waals surface area contributed by atoms with Gasteiger partial charge >= 0.3 is 6.01 Å². The van der Waals surface area contributed by atoms with Crippen LogP contribution < -0.4 is 15.4 Å². The lowest BCUT2D eigenvalue weighted by Gasteiger charge is -2.48. The first-order valence-electron chi connectivity index (χ1n) is 16.3. The van der Waals surface area contributed by atoms with Crippen LogP contribution in [0, 0.1) is 17.5 Å². The predicted molar refractivity (Wildman–Crippen MR) is 169 cm³/mol. The molecule has 0 radical (unpaired) electrons. The minimum absolute atomic E-state index is 0.0469. The Morgan fingerprint density at radius 3 is 2.65 bits per heavy atom. The van der Waals surface area contributed by atoms with E-state index >= 15 is 13.2 Å². The minimum Gasteiger partial charge on any atom is -0.461 e. The Hall–Kier alpha value is -3.70. The molecule has 4 aliphatic heterocycles. The van der Waals surface area contributed by atoms with Gasteiger partial charge in [-0.05, 0) is 84.8 Å². The van der Waals surface area contributed by atoms with Crippen LogP contribution in [0.2, 0.25) is 0 Å². The van der Waals surface area contributed by atoms with E-state index in [0.717, 1.165) is 38.6 Å². The zero-order chi connectivity index (χ0) is 31.8. The number of fused-ring (bicyclic) bond motifs is 3. The topological polar surface area (TPSA) is 76.7 Å². The van der Waals surface area contributed by atoms with Crippen LogP contribution in [0.5, 0.6) is 6.01 Å². The standard InChI is InChI=1S/C35H37F4N5O2/c1-2-23-26(37)6-5-20-13-22(40)14-24(28(20)23)29-27(38)15-25-31(30(29)39)41-33(45-19-34-7-3-11-44(34)17-21(36)16-34)42-32(25)43-10-4-8-35(18-43)9-12-46-35/h5-6,13-15,21H,2-4,7-12,16-19,40H2,1H3/t21-,34+,35?/m1/s1. The highest BCUT2D eigenvalue weighted by molar-refractivity contribution is 6.04. The van der Waals surface area contributed by atoms with Crippen LogP contribution in [0.25, 0.3) is 32.8 Å². The van der Waals surface area contributed by atoms with Crippen molar-refractivity contribution in [1.29, 1.82) is 0 Å². The molecule has 242 valence electrons. The van der Waals surface area contributed by atoms with E-state index in [4.69, 9.17) is 20.2 Å². The zero-order valence-corrected chi connectivity index (χ0v) is 25.9. The number of nitrogens with zero attached hydrogens (tertiary/aromatic N) is 4. The van der Waals surface area contributed by atoms with E-state index in [1.807, 2.05) is 4.90 Å². The van der Waals surface area contributed by atoms with Gasteiger partial charge in [-0.15, -0.1) is 0 Å². The second kappa shape index (κ2) is 10.9. The Kier molecular flexibility index (Phi) is 7.06. The minimum atomic E-state index is -0.932. The van der Waals surface area contributed by atoms with Crippen LogP contribution in [0.4, 0.5) is 29.1 Å². The van der Waals surface area contributed by atoms with Crippen molar-refractivity contribution in [2.24, 2.45) is 0 Å². The molecule has 0 saturated carbocycles. The van der Waals surface area contributed by atoms with E-state index in [1.54, 1.807) is 19.1 Å². The Morgan fingerprint density at radius 2 is 1.87 bits per heavy atom. The van der Waals surface area contributed by atoms with Gasteiger partial charge in [0.05, 0.1) is 23.3 Å². The molecule has 1 aromatic heterocycles. The van der Waals surface area contributed by atoms with E-state index < -0.39 is 29.2 Å². The van der Waals surface area contributed by atoms with Crippen LogP contribution in [0.15, 0.2) is 30.3 Å². The molecule has 3 aromatic carbocycles. The highest BCUT2D eigenvalue weighted by atomic mass is 19.1. The van der Waals surface area contributed by atoms with Gasteiger partial charge in [0.15, 0.2) is 5.82 Å². The molecule has 11 heteroatoms. The smallest absolute Gasteiger partial charge is 0.319 e. The molecular weight excluding hydrogens is 598 g/mol. The van der Waals surface area contributed by atoms with E-state index in [1.165, 1.54) is 18.2 Å². The van der Waals surface area contributed by atoms with Crippen molar-refractivity contribution in [2.45, 2.75) is 69.2 Å². The fourth-order valence-corrected chi connectivity index (χ4v) is 8.43. The Bertz CT molecular complexity index is 1870. The largest absolute Gasteiger partial charge is 0.461 e. The number of aromatic nitrogens is 2. The number of aryl methyl sites for hydroxylation is 1. The third kappa shape index (κ3) is 4.68. The molecular formula is C35H37F4N5O2. The molecule has 1 spiro atoms. The summed E-state index contributed by atoms with van der Waals surface area (Å²) in [5.74, 6) is -1.82. The molecule has 0 aliphatic carbocycles. The summed E-state index contributed by atoms with van der Waals surface area (Å²) in [6.07, 6.45) is 4.14. The summed E-state index contributed by atoms with van der Waals surface area (Å²) in [5, 5.41) is 1.20. The van der Waals surface area contributed by atoms with Crippen LogP contribution in [0.3, 0.4) is 0 Å². The van der Waals surface area contributed by atoms with Crippen molar-refractivity contribution < 1.29 is 27.0 Å². The third-order valence-corrected chi connectivity index (χ3v) is 10.7. The summed E-state index contributed by atoms with van der Waals surface area (Å²) >= 11 is 0. The number of halogens is 4. The first kappa shape index (κ1) is 29.7. The van der Waals surface area contributed by atoms with Gasteiger partial charge in [-0.25, -0.2) is 17.6 Å². The van der Waals surface area contributed by atoms with Crippen LogP contribution in [-0.4, -0.2) is 71.6 Å². The third-order valence-electron chi connectivity index (χ3n) is 10.7. The average Bonchev–Trinajstić information content (AvgIpc) is 3.55. The van der Waals surface area contributed by atoms with Gasteiger partial charge in [-0.1, -0.05) is 13.0 Å². The number of nitrogen functional groups attached to an aromatic ring is 1. The second-order valence-electron chi connectivity index (χ2n) is 13.5. The van der Waals surface area contributed by atoms with Gasteiger partial charge in [0.25, 0.3) is 0 Å². The summed E-state index contributed by atoms with van der Waals surface area (Å²) in [6, 6.07) is 7.28. The van der Waals surface area contributed by atoms with Crippen molar-refractivity contribution in [3.05, 3.63) is 53.3 Å². The number of hydrogen-bond acceptors (Lipinski definition) is 7. The normalized spacial score (nSPS) is 26.3. The van der Waals surface area contributed by atoms with E-state index in [-0.39, 0.29) is 40.2 Å².